The molecule has 1 aliphatic rings. The Morgan fingerprint density at radius 2 is 2.06 bits per heavy atom. The van der Waals surface area contributed by atoms with Gasteiger partial charge in [0.15, 0.2) is 15.6 Å². The highest BCUT2D eigenvalue weighted by molar-refractivity contribution is 7.90. The molecule has 0 atom stereocenters. The van der Waals surface area contributed by atoms with Crippen molar-refractivity contribution in [1.29, 1.82) is 0 Å². The summed E-state index contributed by atoms with van der Waals surface area (Å²) in [5.41, 5.74) is 6.54. The summed E-state index contributed by atoms with van der Waals surface area (Å²) in [6.07, 6.45) is 3.08. The van der Waals surface area contributed by atoms with E-state index in [0.29, 0.717) is 11.6 Å². The first-order valence-corrected chi connectivity index (χ1v) is 7.89. The maximum atomic E-state index is 11.8. The molecule has 1 saturated carbocycles. The largest absolute Gasteiger partial charge is 0.494 e. The maximum Gasteiger partial charge on any atom is 0.179 e. The van der Waals surface area contributed by atoms with Gasteiger partial charge in [-0.1, -0.05) is 11.6 Å². The van der Waals surface area contributed by atoms with E-state index < -0.39 is 9.84 Å². The summed E-state index contributed by atoms with van der Waals surface area (Å²) in [6.45, 7) is 0.499. The highest BCUT2D eigenvalue weighted by Gasteiger charge is 2.43. The van der Waals surface area contributed by atoms with Crippen molar-refractivity contribution in [2.75, 3.05) is 19.9 Å². The van der Waals surface area contributed by atoms with Crippen LogP contribution in [-0.4, -0.2) is 28.3 Å². The maximum absolute atomic E-state index is 11.8. The first-order chi connectivity index (χ1) is 8.34. The van der Waals surface area contributed by atoms with Gasteiger partial charge in [0.25, 0.3) is 0 Å². The van der Waals surface area contributed by atoms with Crippen LogP contribution in [-0.2, 0) is 15.3 Å². The third kappa shape index (κ3) is 2.22. The van der Waals surface area contributed by atoms with Gasteiger partial charge in [0.1, 0.15) is 4.90 Å². The van der Waals surface area contributed by atoms with Crippen LogP contribution in [0.15, 0.2) is 17.0 Å². The van der Waals surface area contributed by atoms with E-state index in [-0.39, 0.29) is 16.1 Å². The molecule has 2 rings (SSSR count). The predicted octanol–water partition coefficient (Wildman–Crippen LogP) is 1.74. The number of methoxy groups -OCH3 is 1. The fourth-order valence-corrected chi connectivity index (χ4v) is 3.33. The van der Waals surface area contributed by atoms with E-state index in [1.807, 2.05) is 0 Å². The van der Waals surface area contributed by atoms with E-state index in [2.05, 4.69) is 0 Å². The second kappa shape index (κ2) is 4.40. The van der Waals surface area contributed by atoms with Crippen LogP contribution in [0.5, 0.6) is 5.75 Å². The molecule has 1 aromatic carbocycles. The van der Waals surface area contributed by atoms with Gasteiger partial charge in [0, 0.05) is 18.2 Å². The number of rotatable bonds is 4. The van der Waals surface area contributed by atoms with E-state index in [1.165, 1.54) is 7.11 Å². The minimum absolute atomic E-state index is 0.102. The molecule has 0 radical (unpaired) electrons. The van der Waals surface area contributed by atoms with Crippen molar-refractivity contribution in [1.82, 2.24) is 0 Å². The Balaban J connectivity index is 2.64. The summed E-state index contributed by atoms with van der Waals surface area (Å²) < 4.78 is 28.6. The van der Waals surface area contributed by atoms with Gasteiger partial charge in [0.2, 0.25) is 0 Å². The second-order valence-electron chi connectivity index (χ2n) is 4.75. The molecule has 18 heavy (non-hydrogen) atoms. The minimum Gasteiger partial charge on any atom is -0.494 e. The number of hydrogen-bond acceptors (Lipinski definition) is 4. The van der Waals surface area contributed by atoms with Gasteiger partial charge in [0.05, 0.1) is 12.1 Å². The number of nitrogens with two attached hydrogens (primary N) is 1. The molecule has 0 aliphatic heterocycles. The van der Waals surface area contributed by atoms with Crippen LogP contribution in [0.1, 0.15) is 18.4 Å². The SMILES string of the molecule is COc1c(Cl)cc(C2(CN)CC2)cc1S(C)(=O)=O. The number of hydrogen-bond donors (Lipinski definition) is 1. The molecule has 100 valence electrons. The minimum atomic E-state index is -3.38. The van der Waals surface area contributed by atoms with Gasteiger partial charge >= 0.3 is 0 Å². The first-order valence-electron chi connectivity index (χ1n) is 5.62. The van der Waals surface area contributed by atoms with E-state index >= 15 is 0 Å². The van der Waals surface area contributed by atoms with Crippen molar-refractivity contribution in [3.8, 4) is 5.75 Å². The molecule has 6 heteroatoms. The zero-order chi connectivity index (χ0) is 13.6. The molecule has 1 aliphatic carbocycles. The molecule has 0 amide bonds. The highest BCUT2D eigenvalue weighted by Crippen LogP contribution is 2.49. The van der Waals surface area contributed by atoms with E-state index in [4.69, 9.17) is 22.1 Å². The molecule has 0 bridgehead atoms. The van der Waals surface area contributed by atoms with Gasteiger partial charge in [-0.25, -0.2) is 8.42 Å². The molecule has 1 aromatic rings. The lowest BCUT2D eigenvalue weighted by Crippen LogP contribution is -2.20. The lowest BCUT2D eigenvalue weighted by atomic mass is 9.96. The topological polar surface area (TPSA) is 69.4 Å². The van der Waals surface area contributed by atoms with Crippen LogP contribution in [0.4, 0.5) is 0 Å². The number of benzene rings is 1. The number of sulfone groups is 1. The smallest absolute Gasteiger partial charge is 0.179 e. The Hall–Kier alpha value is -0.780. The van der Waals surface area contributed by atoms with Crippen LogP contribution < -0.4 is 10.5 Å². The number of ether oxygens (including phenoxy) is 1. The highest BCUT2D eigenvalue weighted by atomic mass is 35.5. The van der Waals surface area contributed by atoms with Gasteiger partial charge in [-0.2, -0.15) is 0 Å². The summed E-state index contributed by atoms with van der Waals surface area (Å²) in [6, 6.07) is 3.40. The van der Waals surface area contributed by atoms with Crippen molar-refractivity contribution in [2.24, 2.45) is 5.73 Å². The molecule has 0 unspecified atom stereocenters. The van der Waals surface area contributed by atoms with E-state index in [1.54, 1.807) is 12.1 Å². The van der Waals surface area contributed by atoms with Crippen LogP contribution in [0.3, 0.4) is 0 Å². The Morgan fingerprint density at radius 1 is 1.44 bits per heavy atom. The van der Waals surface area contributed by atoms with Gasteiger partial charge in [-0.3, -0.25) is 0 Å². The van der Waals surface area contributed by atoms with Gasteiger partial charge < -0.3 is 10.5 Å². The quantitative estimate of drug-likeness (QED) is 0.917. The third-order valence-electron chi connectivity index (χ3n) is 3.47. The summed E-state index contributed by atoms with van der Waals surface area (Å²) in [4.78, 5) is 0.132. The molecular weight excluding hydrogens is 274 g/mol. The predicted molar refractivity (Wildman–Crippen MR) is 71.1 cm³/mol. The lowest BCUT2D eigenvalue weighted by Gasteiger charge is -2.17. The fourth-order valence-electron chi connectivity index (χ4n) is 2.11. The lowest BCUT2D eigenvalue weighted by molar-refractivity contribution is 0.402. The molecule has 1 fully saturated rings. The average molecular weight is 290 g/mol. The average Bonchev–Trinajstić information content (AvgIpc) is 3.07. The zero-order valence-corrected chi connectivity index (χ0v) is 11.9. The summed E-state index contributed by atoms with van der Waals surface area (Å²) >= 11 is 6.10. The Labute approximate surface area is 112 Å². The van der Waals surface area contributed by atoms with Crippen molar-refractivity contribution in [3.05, 3.63) is 22.7 Å². The van der Waals surface area contributed by atoms with Crippen LogP contribution >= 0.6 is 11.6 Å². The Bertz CT molecular complexity index is 579. The normalized spacial score (nSPS) is 17.6. The van der Waals surface area contributed by atoms with Crippen LogP contribution in [0.25, 0.3) is 0 Å². The monoisotopic (exact) mass is 289 g/mol. The van der Waals surface area contributed by atoms with Gasteiger partial charge in [-0.05, 0) is 30.5 Å². The molecule has 0 saturated heterocycles. The Morgan fingerprint density at radius 3 is 2.44 bits per heavy atom. The van der Waals surface area contributed by atoms with E-state index in [0.717, 1.165) is 24.7 Å². The molecule has 4 nitrogen and oxygen atoms in total. The third-order valence-corrected chi connectivity index (χ3v) is 4.85. The molecular formula is C12H16ClNO3S. The van der Waals surface area contributed by atoms with Gasteiger partial charge in [-0.15, -0.1) is 0 Å². The standard InChI is InChI=1S/C12H16ClNO3S/c1-17-11-9(13)5-8(12(7-14)3-4-12)6-10(11)18(2,15)16/h5-6H,3-4,7,14H2,1-2H3. The number of halogens is 1. The summed E-state index contributed by atoms with van der Waals surface area (Å²) in [7, 11) is -1.97. The second-order valence-corrected chi connectivity index (χ2v) is 7.14. The van der Waals surface area contributed by atoms with Crippen molar-refractivity contribution in [3.63, 3.8) is 0 Å². The summed E-state index contributed by atoms with van der Waals surface area (Å²) in [5, 5.41) is 0.315. The molecule has 0 spiro atoms. The van der Waals surface area contributed by atoms with Crippen molar-refractivity contribution < 1.29 is 13.2 Å². The molecule has 2 N–H and O–H groups in total. The first kappa shape index (κ1) is 13.6. The van der Waals surface area contributed by atoms with Crippen LogP contribution in [0, 0.1) is 0 Å². The summed E-state index contributed by atoms with van der Waals surface area (Å²) in [5.74, 6) is 0.204. The van der Waals surface area contributed by atoms with Crippen LogP contribution in [0.2, 0.25) is 5.02 Å². The van der Waals surface area contributed by atoms with Crippen molar-refractivity contribution in [2.45, 2.75) is 23.2 Å². The molecule has 0 aromatic heterocycles. The fraction of sp³-hybridized carbons (Fsp3) is 0.500. The van der Waals surface area contributed by atoms with E-state index in [9.17, 15) is 8.42 Å². The zero-order valence-electron chi connectivity index (χ0n) is 10.4. The van der Waals surface area contributed by atoms with Crippen molar-refractivity contribution >= 4 is 21.4 Å². The molecule has 0 heterocycles. The Kier molecular flexibility index (Phi) is 3.34.